The number of rotatable bonds is 4. The molecule has 2 rings (SSSR count). The van der Waals surface area contributed by atoms with E-state index >= 15 is 0 Å². The Bertz CT molecular complexity index is 593. The minimum Gasteiger partial charge on any atom is -0.397 e. The summed E-state index contributed by atoms with van der Waals surface area (Å²) in [5.74, 6) is 0. The number of para-hydroxylation sites is 1. The van der Waals surface area contributed by atoms with E-state index in [9.17, 15) is 0 Å². The largest absolute Gasteiger partial charge is 0.397 e. The lowest BCUT2D eigenvalue weighted by atomic mass is 10.0. The fourth-order valence-electron chi connectivity index (χ4n) is 2.48. The number of hydrogen-bond donors (Lipinski definition) is 2. The summed E-state index contributed by atoms with van der Waals surface area (Å²) in [7, 11) is 0. The number of nitrogens with one attached hydrogen (secondary N) is 1. The predicted molar refractivity (Wildman–Crippen MR) is 88.8 cm³/mol. The van der Waals surface area contributed by atoms with Crippen LogP contribution in [0.1, 0.15) is 36.1 Å². The maximum Gasteiger partial charge on any atom is 0.0620 e. The van der Waals surface area contributed by atoms with Crippen LogP contribution in [0.15, 0.2) is 30.3 Å². The summed E-state index contributed by atoms with van der Waals surface area (Å²) < 4.78 is 0. The third kappa shape index (κ3) is 2.79. The molecular weight excluding hydrogens is 244 g/mol. The zero-order valence-corrected chi connectivity index (χ0v) is 12.9. The number of nitrogens with two attached hydrogens (primary N) is 1. The average Bonchev–Trinajstić information content (AvgIpc) is 2.44. The maximum atomic E-state index is 6.16. The van der Waals surface area contributed by atoms with Crippen LogP contribution in [-0.2, 0) is 12.8 Å². The van der Waals surface area contributed by atoms with Gasteiger partial charge in [0, 0.05) is 5.69 Å². The van der Waals surface area contributed by atoms with E-state index in [0.29, 0.717) is 0 Å². The smallest absolute Gasteiger partial charge is 0.0620 e. The van der Waals surface area contributed by atoms with E-state index in [1.54, 1.807) is 0 Å². The van der Waals surface area contributed by atoms with Crippen LogP contribution in [0.3, 0.4) is 0 Å². The van der Waals surface area contributed by atoms with E-state index in [1.807, 2.05) is 6.07 Å². The molecule has 106 valence electrons. The maximum absolute atomic E-state index is 6.16. The summed E-state index contributed by atoms with van der Waals surface area (Å²) in [4.78, 5) is 0. The van der Waals surface area contributed by atoms with Crippen LogP contribution >= 0.6 is 0 Å². The fourth-order valence-corrected chi connectivity index (χ4v) is 2.48. The first kappa shape index (κ1) is 14.4. The Balaban J connectivity index is 2.47. The van der Waals surface area contributed by atoms with E-state index in [2.05, 4.69) is 57.3 Å². The molecule has 0 atom stereocenters. The lowest BCUT2D eigenvalue weighted by molar-refractivity contribution is 1.09. The van der Waals surface area contributed by atoms with Crippen molar-refractivity contribution in [2.75, 3.05) is 11.1 Å². The molecule has 20 heavy (non-hydrogen) atoms. The lowest BCUT2D eigenvalue weighted by Crippen LogP contribution is -2.03. The number of benzene rings is 2. The van der Waals surface area contributed by atoms with E-state index in [0.717, 1.165) is 24.2 Å². The third-order valence-electron chi connectivity index (χ3n) is 3.92. The van der Waals surface area contributed by atoms with Crippen LogP contribution in [-0.4, -0.2) is 0 Å². The van der Waals surface area contributed by atoms with Crippen LogP contribution in [0.4, 0.5) is 17.1 Å². The summed E-state index contributed by atoms with van der Waals surface area (Å²) in [6, 6.07) is 10.7. The zero-order valence-electron chi connectivity index (χ0n) is 12.9. The Morgan fingerprint density at radius 1 is 0.950 bits per heavy atom. The van der Waals surface area contributed by atoms with Crippen molar-refractivity contribution < 1.29 is 0 Å². The van der Waals surface area contributed by atoms with Gasteiger partial charge in [0.05, 0.1) is 11.4 Å². The highest BCUT2D eigenvalue weighted by Crippen LogP contribution is 2.31. The second kappa shape index (κ2) is 6.00. The number of nitrogen functional groups attached to an aromatic ring is 1. The van der Waals surface area contributed by atoms with Gasteiger partial charge in [-0.25, -0.2) is 0 Å². The highest BCUT2D eigenvalue weighted by Gasteiger charge is 2.09. The van der Waals surface area contributed by atoms with Gasteiger partial charge >= 0.3 is 0 Å². The molecule has 2 heteroatoms. The van der Waals surface area contributed by atoms with Crippen molar-refractivity contribution in [2.24, 2.45) is 0 Å². The van der Waals surface area contributed by atoms with Crippen molar-refractivity contribution in [3.63, 3.8) is 0 Å². The molecule has 0 unspecified atom stereocenters. The van der Waals surface area contributed by atoms with Gasteiger partial charge in [0.15, 0.2) is 0 Å². The van der Waals surface area contributed by atoms with Gasteiger partial charge in [0.25, 0.3) is 0 Å². The van der Waals surface area contributed by atoms with Gasteiger partial charge in [-0.2, -0.15) is 0 Å². The lowest BCUT2D eigenvalue weighted by Gasteiger charge is -2.18. The molecular formula is C18H24N2. The van der Waals surface area contributed by atoms with Gasteiger partial charge in [0.2, 0.25) is 0 Å². The van der Waals surface area contributed by atoms with Gasteiger partial charge in [0.1, 0.15) is 0 Å². The van der Waals surface area contributed by atoms with E-state index in [-0.39, 0.29) is 0 Å². The Kier molecular flexibility index (Phi) is 4.33. The molecule has 2 aromatic carbocycles. The Hall–Kier alpha value is -1.96. The minimum atomic E-state index is 0.807. The van der Waals surface area contributed by atoms with E-state index in [4.69, 9.17) is 5.73 Å². The SMILES string of the molecule is CCc1cccc(CC)c1Nc1cc(C)c(C)cc1N. The van der Waals surface area contributed by atoms with Crippen LogP contribution < -0.4 is 11.1 Å². The molecule has 0 aliphatic rings. The minimum absolute atomic E-state index is 0.807. The Morgan fingerprint density at radius 2 is 1.50 bits per heavy atom. The molecule has 0 amide bonds. The van der Waals surface area contributed by atoms with Crippen LogP contribution in [0.2, 0.25) is 0 Å². The second-order valence-corrected chi connectivity index (χ2v) is 5.31. The molecule has 0 saturated heterocycles. The Labute approximate surface area is 122 Å². The number of anilines is 3. The summed E-state index contributed by atoms with van der Waals surface area (Å²) in [5, 5.41) is 3.55. The molecule has 0 radical (unpaired) electrons. The molecule has 0 saturated carbocycles. The predicted octanol–water partition coefficient (Wildman–Crippen LogP) is 4.75. The Morgan fingerprint density at radius 3 is 2.05 bits per heavy atom. The molecule has 0 spiro atoms. The molecule has 0 aromatic heterocycles. The van der Waals surface area contributed by atoms with E-state index < -0.39 is 0 Å². The first-order valence-corrected chi connectivity index (χ1v) is 7.31. The summed E-state index contributed by atoms with van der Waals surface area (Å²) in [6.07, 6.45) is 2.03. The summed E-state index contributed by atoms with van der Waals surface area (Å²) in [5.41, 5.74) is 14.3. The molecule has 0 aliphatic heterocycles. The van der Waals surface area contributed by atoms with Crippen LogP contribution in [0, 0.1) is 13.8 Å². The highest BCUT2D eigenvalue weighted by molar-refractivity contribution is 5.77. The summed E-state index contributed by atoms with van der Waals surface area (Å²) in [6.45, 7) is 8.58. The second-order valence-electron chi connectivity index (χ2n) is 5.31. The van der Waals surface area contributed by atoms with Gasteiger partial charge in [-0.05, 0) is 61.1 Å². The fraction of sp³-hybridized carbons (Fsp3) is 0.333. The molecule has 0 aliphatic carbocycles. The standard InChI is InChI=1S/C18H24N2/c1-5-14-8-7-9-15(6-2)18(14)20-17-11-13(4)12(3)10-16(17)19/h7-11,20H,5-6,19H2,1-4H3. The normalized spacial score (nSPS) is 10.6. The molecule has 0 bridgehead atoms. The van der Waals surface area contributed by atoms with Crippen molar-refractivity contribution >= 4 is 17.1 Å². The molecule has 0 fully saturated rings. The third-order valence-corrected chi connectivity index (χ3v) is 3.92. The van der Waals surface area contributed by atoms with Crippen LogP contribution in [0.25, 0.3) is 0 Å². The quantitative estimate of drug-likeness (QED) is 0.785. The first-order chi connectivity index (χ1) is 9.56. The van der Waals surface area contributed by atoms with Gasteiger partial charge in [-0.15, -0.1) is 0 Å². The van der Waals surface area contributed by atoms with Crippen molar-refractivity contribution in [3.05, 3.63) is 52.6 Å². The first-order valence-electron chi connectivity index (χ1n) is 7.31. The number of hydrogen-bond acceptors (Lipinski definition) is 2. The van der Waals surface area contributed by atoms with Gasteiger partial charge < -0.3 is 11.1 Å². The molecule has 2 aromatic rings. The topological polar surface area (TPSA) is 38.0 Å². The monoisotopic (exact) mass is 268 g/mol. The average molecular weight is 268 g/mol. The van der Waals surface area contributed by atoms with Gasteiger partial charge in [-0.3, -0.25) is 0 Å². The summed E-state index contributed by atoms with van der Waals surface area (Å²) >= 11 is 0. The molecule has 0 heterocycles. The van der Waals surface area contributed by atoms with Crippen molar-refractivity contribution in [2.45, 2.75) is 40.5 Å². The number of aryl methyl sites for hydroxylation is 4. The molecule has 3 N–H and O–H groups in total. The van der Waals surface area contributed by atoms with Crippen LogP contribution in [0.5, 0.6) is 0 Å². The van der Waals surface area contributed by atoms with Crippen molar-refractivity contribution in [1.82, 2.24) is 0 Å². The van der Waals surface area contributed by atoms with Gasteiger partial charge in [-0.1, -0.05) is 32.0 Å². The zero-order chi connectivity index (χ0) is 14.7. The van der Waals surface area contributed by atoms with Crippen molar-refractivity contribution in [1.29, 1.82) is 0 Å². The molecule has 2 nitrogen and oxygen atoms in total. The van der Waals surface area contributed by atoms with E-state index in [1.165, 1.54) is 27.9 Å². The highest BCUT2D eigenvalue weighted by atomic mass is 14.9. The van der Waals surface area contributed by atoms with Crippen molar-refractivity contribution in [3.8, 4) is 0 Å².